The van der Waals surface area contributed by atoms with Gasteiger partial charge in [-0.1, -0.05) is 34.8 Å². The van der Waals surface area contributed by atoms with Gasteiger partial charge in [0.05, 0.1) is 6.10 Å². The maximum Gasteiger partial charge on any atom is 0.119 e. The summed E-state index contributed by atoms with van der Waals surface area (Å²) in [6.07, 6.45) is -0.283. The normalized spacial score (nSPS) is 12.2. The van der Waals surface area contributed by atoms with Crippen LogP contribution < -0.4 is 4.74 Å². The summed E-state index contributed by atoms with van der Waals surface area (Å²) >= 11 is 17.7. The van der Waals surface area contributed by atoms with Gasteiger partial charge < -0.3 is 9.84 Å². The lowest BCUT2D eigenvalue weighted by Crippen LogP contribution is -2.20. The first-order valence-electron chi connectivity index (χ1n) is 6.05. The SMILES string of the molecule is OC(COc1ccc(Cl)cc1)Cc1cc(Cl)ccc1Cl. The van der Waals surface area contributed by atoms with Gasteiger partial charge in [0.2, 0.25) is 0 Å². The molecule has 1 atom stereocenters. The first-order valence-corrected chi connectivity index (χ1v) is 7.18. The van der Waals surface area contributed by atoms with Crippen LogP contribution in [0.15, 0.2) is 42.5 Å². The highest BCUT2D eigenvalue weighted by molar-refractivity contribution is 6.33. The Morgan fingerprint density at radius 2 is 1.60 bits per heavy atom. The molecular weight excluding hydrogens is 319 g/mol. The van der Waals surface area contributed by atoms with Crippen LogP contribution in [0.4, 0.5) is 0 Å². The first-order chi connectivity index (χ1) is 9.54. The molecule has 0 spiro atoms. The van der Waals surface area contributed by atoms with Crippen LogP contribution in [-0.2, 0) is 6.42 Å². The molecule has 5 heteroatoms. The zero-order valence-corrected chi connectivity index (χ0v) is 12.8. The Hall–Kier alpha value is -0.930. The molecule has 0 aromatic heterocycles. The van der Waals surface area contributed by atoms with Gasteiger partial charge in [0.25, 0.3) is 0 Å². The number of aliphatic hydroxyl groups is 1. The predicted octanol–water partition coefficient (Wildman–Crippen LogP) is 4.63. The van der Waals surface area contributed by atoms with E-state index in [0.29, 0.717) is 27.2 Å². The van der Waals surface area contributed by atoms with Gasteiger partial charge >= 0.3 is 0 Å². The molecule has 106 valence electrons. The Kier molecular flexibility index (Phi) is 5.55. The average Bonchev–Trinajstić information content (AvgIpc) is 2.42. The molecule has 0 aliphatic rings. The summed E-state index contributed by atoms with van der Waals surface area (Å²) in [5.74, 6) is 0.658. The van der Waals surface area contributed by atoms with Gasteiger partial charge in [-0.3, -0.25) is 0 Å². The molecule has 0 radical (unpaired) electrons. The van der Waals surface area contributed by atoms with Crippen molar-refractivity contribution in [2.45, 2.75) is 12.5 Å². The van der Waals surface area contributed by atoms with Gasteiger partial charge in [0, 0.05) is 21.5 Å². The number of benzene rings is 2. The highest BCUT2D eigenvalue weighted by atomic mass is 35.5. The Labute approximate surface area is 132 Å². The van der Waals surface area contributed by atoms with Gasteiger partial charge in [-0.05, 0) is 48.0 Å². The second kappa shape index (κ2) is 7.19. The highest BCUT2D eigenvalue weighted by Gasteiger charge is 2.10. The Bertz CT molecular complexity index is 570. The molecule has 0 heterocycles. The fourth-order valence-corrected chi connectivity index (χ4v) is 2.25. The topological polar surface area (TPSA) is 29.5 Å². The molecule has 0 saturated heterocycles. The smallest absolute Gasteiger partial charge is 0.119 e. The minimum atomic E-state index is -0.665. The van der Waals surface area contributed by atoms with Crippen molar-refractivity contribution in [1.29, 1.82) is 0 Å². The third kappa shape index (κ3) is 4.57. The van der Waals surface area contributed by atoms with Crippen molar-refractivity contribution < 1.29 is 9.84 Å². The van der Waals surface area contributed by atoms with E-state index < -0.39 is 6.10 Å². The van der Waals surface area contributed by atoms with Crippen LogP contribution in [-0.4, -0.2) is 17.8 Å². The van der Waals surface area contributed by atoms with E-state index in [1.807, 2.05) is 0 Å². The Morgan fingerprint density at radius 3 is 2.30 bits per heavy atom. The quantitative estimate of drug-likeness (QED) is 0.865. The molecule has 2 aromatic rings. The number of ether oxygens (including phenoxy) is 1. The zero-order chi connectivity index (χ0) is 14.5. The number of hydrogen-bond donors (Lipinski definition) is 1. The van der Waals surface area contributed by atoms with Crippen molar-refractivity contribution in [2.75, 3.05) is 6.61 Å². The van der Waals surface area contributed by atoms with E-state index in [4.69, 9.17) is 39.5 Å². The van der Waals surface area contributed by atoms with Crippen molar-refractivity contribution in [3.63, 3.8) is 0 Å². The Morgan fingerprint density at radius 1 is 0.950 bits per heavy atom. The van der Waals surface area contributed by atoms with Gasteiger partial charge in [-0.15, -0.1) is 0 Å². The summed E-state index contributed by atoms with van der Waals surface area (Å²) in [5.41, 5.74) is 0.798. The lowest BCUT2D eigenvalue weighted by atomic mass is 10.1. The van der Waals surface area contributed by atoms with Crippen molar-refractivity contribution >= 4 is 34.8 Å². The van der Waals surface area contributed by atoms with E-state index in [1.165, 1.54) is 0 Å². The molecule has 0 aliphatic carbocycles. The molecular formula is C15H13Cl3O2. The predicted molar refractivity (Wildman–Crippen MR) is 83.1 cm³/mol. The van der Waals surface area contributed by atoms with Gasteiger partial charge in [-0.25, -0.2) is 0 Å². The summed E-state index contributed by atoms with van der Waals surface area (Å²) in [4.78, 5) is 0. The van der Waals surface area contributed by atoms with Crippen LogP contribution in [0.25, 0.3) is 0 Å². The molecule has 1 N–H and O–H groups in total. The molecule has 0 bridgehead atoms. The van der Waals surface area contributed by atoms with Crippen molar-refractivity contribution in [1.82, 2.24) is 0 Å². The number of rotatable bonds is 5. The van der Waals surface area contributed by atoms with Crippen molar-refractivity contribution in [2.24, 2.45) is 0 Å². The van der Waals surface area contributed by atoms with Crippen LogP contribution in [0.1, 0.15) is 5.56 Å². The molecule has 0 aliphatic heterocycles. The van der Waals surface area contributed by atoms with E-state index >= 15 is 0 Å². The molecule has 2 nitrogen and oxygen atoms in total. The van der Waals surface area contributed by atoms with Crippen LogP contribution in [0, 0.1) is 0 Å². The van der Waals surface area contributed by atoms with E-state index in [9.17, 15) is 5.11 Å². The van der Waals surface area contributed by atoms with Crippen LogP contribution in [0.3, 0.4) is 0 Å². The minimum absolute atomic E-state index is 0.171. The maximum absolute atomic E-state index is 9.98. The third-order valence-electron chi connectivity index (χ3n) is 2.72. The minimum Gasteiger partial charge on any atom is -0.491 e. The van der Waals surface area contributed by atoms with E-state index in [2.05, 4.69) is 0 Å². The monoisotopic (exact) mass is 330 g/mol. The Balaban J connectivity index is 1.90. The molecule has 2 aromatic carbocycles. The molecule has 0 saturated carbocycles. The van der Waals surface area contributed by atoms with Gasteiger partial charge in [-0.2, -0.15) is 0 Å². The molecule has 2 rings (SSSR count). The van der Waals surface area contributed by atoms with Crippen LogP contribution in [0.2, 0.25) is 15.1 Å². The van der Waals surface area contributed by atoms with E-state index in [0.717, 1.165) is 5.56 Å². The highest BCUT2D eigenvalue weighted by Crippen LogP contribution is 2.22. The second-order valence-corrected chi connectivity index (χ2v) is 5.64. The van der Waals surface area contributed by atoms with Gasteiger partial charge in [0.1, 0.15) is 12.4 Å². The average molecular weight is 332 g/mol. The van der Waals surface area contributed by atoms with Gasteiger partial charge in [0.15, 0.2) is 0 Å². The lowest BCUT2D eigenvalue weighted by molar-refractivity contribution is 0.108. The second-order valence-electron chi connectivity index (χ2n) is 4.36. The molecule has 1 unspecified atom stereocenters. The standard InChI is InChI=1S/C15H13Cl3O2/c16-11-1-4-14(5-2-11)20-9-13(19)8-10-7-12(17)3-6-15(10)18/h1-7,13,19H,8-9H2. The molecule has 0 fully saturated rings. The van der Waals surface area contributed by atoms with E-state index in [-0.39, 0.29) is 6.61 Å². The summed E-state index contributed by atoms with van der Waals surface area (Å²) in [5, 5.41) is 11.8. The fourth-order valence-electron chi connectivity index (χ4n) is 1.74. The van der Waals surface area contributed by atoms with Crippen molar-refractivity contribution in [3.8, 4) is 5.75 Å². The largest absolute Gasteiger partial charge is 0.491 e. The van der Waals surface area contributed by atoms with Crippen molar-refractivity contribution in [3.05, 3.63) is 63.1 Å². The number of halogens is 3. The van der Waals surface area contributed by atoms with Crippen LogP contribution >= 0.6 is 34.8 Å². The maximum atomic E-state index is 9.98. The summed E-state index contributed by atoms with van der Waals surface area (Å²) < 4.78 is 5.48. The molecule has 20 heavy (non-hydrogen) atoms. The summed E-state index contributed by atoms with van der Waals surface area (Å²) in [6, 6.07) is 12.1. The fraction of sp³-hybridized carbons (Fsp3) is 0.200. The number of hydrogen-bond acceptors (Lipinski definition) is 2. The summed E-state index contributed by atoms with van der Waals surface area (Å²) in [7, 11) is 0. The third-order valence-corrected chi connectivity index (χ3v) is 3.58. The molecule has 0 amide bonds. The zero-order valence-electron chi connectivity index (χ0n) is 10.5. The summed E-state index contributed by atoms with van der Waals surface area (Å²) in [6.45, 7) is 0.171. The number of aliphatic hydroxyl groups excluding tert-OH is 1. The van der Waals surface area contributed by atoms with E-state index in [1.54, 1.807) is 42.5 Å². The lowest BCUT2D eigenvalue weighted by Gasteiger charge is -2.13. The first kappa shape index (κ1) is 15.5. The van der Waals surface area contributed by atoms with Crippen LogP contribution in [0.5, 0.6) is 5.75 Å².